The fraction of sp³-hybridized carbons (Fsp3) is 0.524. The van der Waals surface area contributed by atoms with Crippen molar-refractivity contribution >= 4 is 15.9 Å². The quantitative estimate of drug-likeness (QED) is 0.760. The Morgan fingerprint density at radius 3 is 2.44 bits per heavy atom. The van der Waals surface area contributed by atoms with E-state index < -0.39 is 11.0 Å². The van der Waals surface area contributed by atoms with Crippen LogP contribution in [0.4, 0.5) is 4.39 Å². The minimum atomic E-state index is -1.04. The van der Waals surface area contributed by atoms with E-state index in [1.165, 1.54) is 25.0 Å². The van der Waals surface area contributed by atoms with Gasteiger partial charge in [-0.3, -0.25) is 0 Å². The number of aliphatic hydroxyl groups is 1. The Hall–Kier alpha value is -1.71. The molecule has 1 aromatic heterocycles. The zero-order valence-electron chi connectivity index (χ0n) is 15.4. The van der Waals surface area contributed by atoms with E-state index in [9.17, 15) is 14.8 Å². The molecule has 2 fully saturated rings. The Morgan fingerprint density at radius 2 is 1.89 bits per heavy atom. The molecule has 0 atom stereocenters. The highest BCUT2D eigenvalue weighted by atomic mass is 79.9. The van der Waals surface area contributed by atoms with Gasteiger partial charge in [0.25, 0.3) is 0 Å². The molecule has 0 aliphatic heterocycles. The van der Waals surface area contributed by atoms with Crippen LogP contribution in [-0.4, -0.2) is 14.7 Å². The number of hydrogen-bond acceptors (Lipinski definition) is 3. The molecule has 0 radical (unpaired) electrons. The molecule has 1 aromatic carbocycles. The largest absolute Gasteiger partial charge is 0.382 e. The van der Waals surface area contributed by atoms with Crippen LogP contribution in [-0.2, 0) is 17.6 Å². The molecule has 4 nitrogen and oxygen atoms in total. The summed E-state index contributed by atoms with van der Waals surface area (Å²) in [5, 5.41) is 21.3. The fourth-order valence-electron chi connectivity index (χ4n) is 4.19. The summed E-state index contributed by atoms with van der Waals surface area (Å²) in [5.41, 5.74) is 0.153. The van der Waals surface area contributed by atoms with Crippen molar-refractivity contribution in [2.75, 3.05) is 0 Å². The van der Waals surface area contributed by atoms with Crippen LogP contribution in [0.25, 0.3) is 0 Å². The molecule has 142 valence electrons. The third kappa shape index (κ3) is 3.32. The third-order valence-electron chi connectivity index (χ3n) is 6.26. The third-order valence-corrected chi connectivity index (χ3v) is 7.01. The van der Waals surface area contributed by atoms with Crippen molar-refractivity contribution in [1.82, 2.24) is 9.55 Å². The van der Waals surface area contributed by atoms with Gasteiger partial charge in [-0.25, -0.2) is 9.37 Å². The summed E-state index contributed by atoms with van der Waals surface area (Å²) in [5.74, 6) is 1.08. The fourth-order valence-corrected chi connectivity index (χ4v) is 4.57. The van der Waals surface area contributed by atoms with Gasteiger partial charge in [0, 0.05) is 12.2 Å². The maximum absolute atomic E-state index is 13.3. The van der Waals surface area contributed by atoms with Crippen LogP contribution in [0.3, 0.4) is 0 Å². The van der Waals surface area contributed by atoms with Crippen LogP contribution in [0.15, 0.2) is 28.9 Å². The van der Waals surface area contributed by atoms with Gasteiger partial charge >= 0.3 is 0 Å². The average molecular weight is 432 g/mol. The molecule has 2 aliphatic rings. The first-order valence-electron chi connectivity index (χ1n) is 9.50. The van der Waals surface area contributed by atoms with Gasteiger partial charge in [0.05, 0.1) is 11.5 Å². The number of nitriles is 1. The van der Waals surface area contributed by atoms with E-state index in [4.69, 9.17) is 0 Å². The summed E-state index contributed by atoms with van der Waals surface area (Å²) >= 11 is 3.52. The smallest absolute Gasteiger partial charge is 0.142 e. The standard InChI is InChI=1S/C21H23BrFN3O/c1-14-18(22)25-19(26(14)12-15-2-3-15)21(27)10-8-20(13-24,9-11-21)16-4-6-17(23)7-5-16/h4-7,15,27H,2-3,8-12H2,1H3. The molecule has 1 N–H and O–H groups in total. The van der Waals surface area contributed by atoms with E-state index >= 15 is 0 Å². The number of imidazole rings is 1. The van der Waals surface area contributed by atoms with Crippen LogP contribution in [0.2, 0.25) is 0 Å². The van der Waals surface area contributed by atoms with Crippen LogP contribution in [0, 0.1) is 30.0 Å². The molecular formula is C21H23BrFN3O. The van der Waals surface area contributed by atoms with Crippen LogP contribution in [0.5, 0.6) is 0 Å². The van der Waals surface area contributed by atoms with Gasteiger partial charge < -0.3 is 9.67 Å². The second-order valence-electron chi connectivity index (χ2n) is 8.10. The van der Waals surface area contributed by atoms with Crippen molar-refractivity contribution < 1.29 is 9.50 Å². The highest BCUT2D eigenvalue weighted by Crippen LogP contribution is 2.47. The van der Waals surface area contributed by atoms with Crippen molar-refractivity contribution in [3.8, 4) is 6.07 Å². The van der Waals surface area contributed by atoms with Gasteiger partial charge in [-0.2, -0.15) is 5.26 Å². The van der Waals surface area contributed by atoms with Gasteiger partial charge in [0.15, 0.2) is 0 Å². The molecule has 0 saturated heterocycles. The number of benzene rings is 1. The normalized spacial score (nSPS) is 28.1. The Labute approximate surface area is 167 Å². The summed E-state index contributed by atoms with van der Waals surface area (Å²) in [6.07, 6.45) is 4.44. The number of halogens is 2. The van der Waals surface area contributed by atoms with Crippen LogP contribution >= 0.6 is 15.9 Å². The number of nitrogens with zero attached hydrogens (tertiary/aromatic N) is 3. The van der Waals surface area contributed by atoms with Crippen molar-refractivity contribution in [2.24, 2.45) is 5.92 Å². The zero-order chi connectivity index (χ0) is 19.2. The maximum Gasteiger partial charge on any atom is 0.142 e. The van der Waals surface area contributed by atoms with E-state index in [1.807, 2.05) is 6.92 Å². The molecule has 2 aromatic rings. The predicted octanol–water partition coefficient (Wildman–Crippen LogP) is 4.73. The minimum absolute atomic E-state index is 0.304. The predicted molar refractivity (Wildman–Crippen MR) is 103 cm³/mol. The Kier molecular flexibility index (Phi) is 4.64. The zero-order valence-corrected chi connectivity index (χ0v) is 17.0. The molecule has 0 spiro atoms. The van der Waals surface area contributed by atoms with E-state index in [1.54, 1.807) is 12.1 Å². The molecule has 4 rings (SSSR count). The highest BCUT2D eigenvalue weighted by Gasteiger charge is 2.46. The molecule has 2 aliphatic carbocycles. The molecule has 0 amide bonds. The molecular weight excluding hydrogens is 409 g/mol. The second-order valence-corrected chi connectivity index (χ2v) is 8.85. The van der Waals surface area contributed by atoms with Crippen molar-refractivity contribution in [3.05, 3.63) is 51.8 Å². The first-order chi connectivity index (χ1) is 12.9. The van der Waals surface area contributed by atoms with Crippen molar-refractivity contribution in [1.29, 1.82) is 5.26 Å². The van der Waals surface area contributed by atoms with Crippen LogP contribution in [0.1, 0.15) is 55.6 Å². The molecule has 6 heteroatoms. The number of rotatable bonds is 4. The van der Waals surface area contributed by atoms with E-state index in [0.29, 0.717) is 37.4 Å². The Morgan fingerprint density at radius 1 is 1.26 bits per heavy atom. The lowest BCUT2D eigenvalue weighted by Gasteiger charge is -2.40. The summed E-state index contributed by atoms with van der Waals surface area (Å²) in [6, 6.07) is 8.63. The minimum Gasteiger partial charge on any atom is -0.382 e. The summed E-state index contributed by atoms with van der Waals surface area (Å²) in [7, 11) is 0. The lowest BCUT2D eigenvalue weighted by atomic mass is 9.66. The number of hydrogen-bond donors (Lipinski definition) is 1. The summed E-state index contributed by atoms with van der Waals surface area (Å²) in [6.45, 7) is 2.91. The Bertz CT molecular complexity index is 887. The molecule has 0 unspecified atom stereocenters. The van der Waals surface area contributed by atoms with Gasteiger partial charge in [0.1, 0.15) is 21.8 Å². The van der Waals surface area contributed by atoms with Crippen LogP contribution < -0.4 is 0 Å². The molecule has 1 heterocycles. The Balaban J connectivity index is 1.62. The van der Waals surface area contributed by atoms with Crippen molar-refractivity contribution in [2.45, 2.75) is 63.0 Å². The van der Waals surface area contributed by atoms with E-state index in [0.717, 1.165) is 22.4 Å². The van der Waals surface area contributed by atoms with Gasteiger partial charge in [-0.15, -0.1) is 0 Å². The number of aromatic nitrogens is 2. The van der Waals surface area contributed by atoms with Gasteiger partial charge in [0.2, 0.25) is 0 Å². The topological polar surface area (TPSA) is 61.8 Å². The monoisotopic (exact) mass is 431 g/mol. The summed E-state index contributed by atoms with van der Waals surface area (Å²) < 4.78 is 16.2. The SMILES string of the molecule is Cc1c(Br)nc(C2(O)CCC(C#N)(c3ccc(F)cc3)CC2)n1CC1CC1. The first kappa shape index (κ1) is 18.6. The average Bonchev–Trinajstić information content (AvgIpc) is 3.44. The van der Waals surface area contributed by atoms with Gasteiger partial charge in [-0.05, 0) is 85.0 Å². The molecule has 0 bridgehead atoms. The lowest BCUT2D eigenvalue weighted by molar-refractivity contribution is -0.0247. The highest BCUT2D eigenvalue weighted by molar-refractivity contribution is 9.10. The van der Waals surface area contributed by atoms with E-state index in [-0.39, 0.29) is 5.82 Å². The maximum atomic E-state index is 13.3. The van der Waals surface area contributed by atoms with Gasteiger partial charge in [-0.1, -0.05) is 12.1 Å². The van der Waals surface area contributed by atoms with Crippen molar-refractivity contribution in [3.63, 3.8) is 0 Å². The van der Waals surface area contributed by atoms with E-state index in [2.05, 4.69) is 31.6 Å². The first-order valence-corrected chi connectivity index (χ1v) is 10.3. The summed E-state index contributed by atoms with van der Waals surface area (Å²) in [4.78, 5) is 4.64. The molecule has 2 saturated carbocycles. The lowest BCUT2D eigenvalue weighted by Crippen LogP contribution is -2.40. The molecule has 27 heavy (non-hydrogen) atoms. The second kappa shape index (κ2) is 6.72.